The molecule has 108 valence electrons. The molecule has 1 aliphatic rings. The number of hydrogen-bond acceptors (Lipinski definition) is 4. The lowest BCUT2D eigenvalue weighted by molar-refractivity contribution is 0.165. The van der Waals surface area contributed by atoms with E-state index in [9.17, 15) is 0 Å². The maximum atomic E-state index is 5.93. The summed E-state index contributed by atoms with van der Waals surface area (Å²) in [6, 6.07) is 4.63. The van der Waals surface area contributed by atoms with Gasteiger partial charge in [0, 0.05) is 23.0 Å². The van der Waals surface area contributed by atoms with E-state index in [1.807, 2.05) is 17.8 Å². The summed E-state index contributed by atoms with van der Waals surface area (Å²) in [6.45, 7) is 3.47. The summed E-state index contributed by atoms with van der Waals surface area (Å²) in [5.74, 6) is 0.988. The molecule has 2 heterocycles. The van der Waals surface area contributed by atoms with Crippen molar-refractivity contribution >= 4 is 10.9 Å². The molecule has 0 bridgehead atoms. The summed E-state index contributed by atoms with van der Waals surface area (Å²) in [5, 5.41) is 5.64. The van der Waals surface area contributed by atoms with Crippen LogP contribution in [0.3, 0.4) is 0 Å². The minimum atomic E-state index is 0.0862. The lowest BCUT2D eigenvalue weighted by Gasteiger charge is -2.30. The average Bonchev–Trinajstić information content (AvgIpc) is 2.81. The molecule has 20 heavy (non-hydrogen) atoms. The molecule has 0 saturated carbocycles. The highest BCUT2D eigenvalue weighted by molar-refractivity contribution is 5.84. The molecule has 0 saturated heterocycles. The third-order valence-electron chi connectivity index (χ3n) is 3.93. The monoisotopic (exact) mass is 274 g/mol. The first kappa shape index (κ1) is 13.4. The number of aromatic nitrogens is 2. The van der Waals surface area contributed by atoms with Crippen LogP contribution in [0.5, 0.6) is 5.75 Å². The molecular formula is C15H22N4O. The molecule has 1 aliphatic heterocycles. The molecule has 2 atom stereocenters. The third-order valence-corrected chi connectivity index (χ3v) is 3.93. The van der Waals surface area contributed by atoms with Gasteiger partial charge in [-0.15, -0.1) is 0 Å². The molecule has 5 nitrogen and oxygen atoms in total. The smallest absolute Gasteiger partial charge is 0.124 e. The average molecular weight is 274 g/mol. The summed E-state index contributed by atoms with van der Waals surface area (Å²) < 4.78 is 7.93. The van der Waals surface area contributed by atoms with Gasteiger partial charge in [-0.2, -0.15) is 5.10 Å². The Kier molecular flexibility index (Phi) is 3.40. The molecule has 0 aliphatic carbocycles. The predicted molar refractivity (Wildman–Crippen MR) is 80.1 cm³/mol. The number of rotatable bonds is 3. The second kappa shape index (κ2) is 5.07. The Labute approximate surface area is 119 Å². The van der Waals surface area contributed by atoms with Gasteiger partial charge in [-0.05, 0) is 39.6 Å². The standard InChI is InChI=1S/C15H22N4O/c1-10(16)8-19-15-11(7-17-19)4-5-14-13(15)6-12(9-20-14)18(2)3/h4-5,7,10,12H,6,8-9,16H2,1-3H3. The SMILES string of the molecule is CC(N)Cn1ncc2ccc3c(c21)CC(N(C)C)CO3. The number of nitrogens with zero attached hydrogens (tertiary/aromatic N) is 3. The maximum Gasteiger partial charge on any atom is 0.124 e. The molecule has 2 N–H and O–H groups in total. The molecule has 3 rings (SSSR count). The molecule has 2 aromatic rings. The van der Waals surface area contributed by atoms with Gasteiger partial charge in [0.15, 0.2) is 0 Å². The molecule has 2 unspecified atom stereocenters. The summed E-state index contributed by atoms with van der Waals surface area (Å²) in [6.07, 6.45) is 2.90. The van der Waals surface area contributed by atoms with Gasteiger partial charge in [0.25, 0.3) is 0 Å². The van der Waals surface area contributed by atoms with Gasteiger partial charge in [-0.1, -0.05) is 0 Å². The molecule has 0 radical (unpaired) electrons. The van der Waals surface area contributed by atoms with Crippen molar-refractivity contribution in [3.8, 4) is 5.75 Å². The Morgan fingerprint density at radius 1 is 1.50 bits per heavy atom. The van der Waals surface area contributed by atoms with Crippen molar-refractivity contribution in [1.82, 2.24) is 14.7 Å². The zero-order valence-corrected chi connectivity index (χ0v) is 12.3. The number of benzene rings is 1. The molecule has 0 spiro atoms. The molecular weight excluding hydrogens is 252 g/mol. The summed E-state index contributed by atoms with van der Waals surface area (Å²) in [7, 11) is 4.19. The third kappa shape index (κ3) is 2.27. The Morgan fingerprint density at radius 3 is 3.00 bits per heavy atom. The second-order valence-corrected chi connectivity index (χ2v) is 5.92. The van der Waals surface area contributed by atoms with Crippen LogP contribution in [0.1, 0.15) is 12.5 Å². The maximum absolute atomic E-state index is 5.93. The van der Waals surface area contributed by atoms with E-state index < -0.39 is 0 Å². The fourth-order valence-corrected chi connectivity index (χ4v) is 2.79. The van der Waals surface area contributed by atoms with Crippen molar-refractivity contribution in [3.05, 3.63) is 23.9 Å². The highest BCUT2D eigenvalue weighted by Gasteiger charge is 2.25. The van der Waals surface area contributed by atoms with Crippen LogP contribution in [-0.2, 0) is 13.0 Å². The van der Waals surface area contributed by atoms with Gasteiger partial charge < -0.3 is 15.4 Å². The van der Waals surface area contributed by atoms with E-state index in [0.717, 1.165) is 30.7 Å². The van der Waals surface area contributed by atoms with Crippen molar-refractivity contribution in [1.29, 1.82) is 0 Å². The molecule has 0 amide bonds. The van der Waals surface area contributed by atoms with E-state index in [4.69, 9.17) is 10.5 Å². The van der Waals surface area contributed by atoms with Crippen molar-refractivity contribution in [2.45, 2.75) is 32.0 Å². The first-order valence-corrected chi connectivity index (χ1v) is 7.08. The fourth-order valence-electron chi connectivity index (χ4n) is 2.79. The predicted octanol–water partition coefficient (Wildman–Crippen LogP) is 1.25. The van der Waals surface area contributed by atoms with E-state index in [-0.39, 0.29) is 6.04 Å². The summed E-state index contributed by atoms with van der Waals surface area (Å²) in [5.41, 5.74) is 8.35. The number of ether oxygens (including phenoxy) is 1. The van der Waals surface area contributed by atoms with Crippen LogP contribution >= 0.6 is 0 Å². The van der Waals surface area contributed by atoms with Crippen molar-refractivity contribution < 1.29 is 4.74 Å². The summed E-state index contributed by atoms with van der Waals surface area (Å²) in [4.78, 5) is 2.22. The number of hydrogen-bond donors (Lipinski definition) is 1. The van der Waals surface area contributed by atoms with Gasteiger partial charge in [0.1, 0.15) is 12.4 Å². The molecule has 5 heteroatoms. The van der Waals surface area contributed by atoms with E-state index in [2.05, 4.69) is 36.2 Å². The Balaban J connectivity index is 2.08. The lowest BCUT2D eigenvalue weighted by Crippen LogP contribution is -2.38. The van der Waals surface area contributed by atoms with Crippen LogP contribution in [0.25, 0.3) is 10.9 Å². The number of nitrogens with two attached hydrogens (primary N) is 1. The van der Waals surface area contributed by atoms with Crippen LogP contribution in [0, 0.1) is 0 Å². The van der Waals surface area contributed by atoms with E-state index in [0.29, 0.717) is 6.04 Å². The lowest BCUT2D eigenvalue weighted by atomic mass is 9.99. The Hall–Kier alpha value is -1.59. The topological polar surface area (TPSA) is 56.3 Å². The summed E-state index contributed by atoms with van der Waals surface area (Å²) >= 11 is 0. The van der Waals surface area contributed by atoms with E-state index >= 15 is 0 Å². The van der Waals surface area contributed by atoms with Gasteiger partial charge in [-0.25, -0.2) is 0 Å². The van der Waals surface area contributed by atoms with Crippen LogP contribution in [0.4, 0.5) is 0 Å². The largest absolute Gasteiger partial charge is 0.492 e. The van der Waals surface area contributed by atoms with Gasteiger partial charge in [-0.3, -0.25) is 4.68 Å². The highest BCUT2D eigenvalue weighted by Crippen LogP contribution is 2.33. The number of likely N-dealkylation sites (N-methyl/N-ethyl adjacent to an activating group) is 1. The van der Waals surface area contributed by atoms with Crippen molar-refractivity contribution in [2.24, 2.45) is 5.73 Å². The normalized spacial score (nSPS) is 19.9. The minimum Gasteiger partial charge on any atom is -0.492 e. The van der Waals surface area contributed by atoms with Gasteiger partial charge in [0.05, 0.1) is 18.3 Å². The molecule has 1 aromatic carbocycles. The van der Waals surface area contributed by atoms with E-state index in [1.54, 1.807) is 0 Å². The first-order valence-electron chi connectivity index (χ1n) is 7.08. The fraction of sp³-hybridized carbons (Fsp3) is 0.533. The van der Waals surface area contributed by atoms with Gasteiger partial charge in [0.2, 0.25) is 0 Å². The zero-order valence-electron chi connectivity index (χ0n) is 12.3. The van der Waals surface area contributed by atoms with Crippen molar-refractivity contribution in [3.63, 3.8) is 0 Å². The quantitative estimate of drug-likeness (QED) is 0.915. The van der Waals surface area contributed by atoms with Crippen LogP contribution in [0.15, 0.2) is 18.3 Å². The zero-order chi connectivity index (χ0) is 14.3. The van der Waals surface area contributed by atoms with E-state index in [1.165, 1.54) is 11.1 Å². The Morgan fingerprint density at radius 2 is 2.30 bits per heavy atom. The van der Waals surface area contributed by atoms with Crippen LogP contribution in [-0.4, -0.2) is 47.5 Å². The van der Waals surface area contributed by atoms with Gasteiger partial charge >= 0.3 is 0 Å². The highest BCUT2D eigenvalue weighted by atomic mass is 16.5. The van der Waals surface area contributed by atoms with Crippen molar-refractivity contribution in [2.75, 3.05) is 20.7 Å². The first-order chi connectivity index (χ1) is 9.56. The number of fused-ring (bicyclic) bond motifs is 3. The molecule has 1 aromatic heterocycles. The minimum absolute atomic E-state index is 0.0862. The molecule has 0 fully saturated rings. The second-order valence-electron chi connectivity index (χ2n) is 5.92. The van der Waals surface area contributed by atoms with Crippen LogP contribution in [0.2, 0.25) is 0 Å². The van der Waals surface area contributed by atoms with Crippen LogP contribution < -0.4 is 10.5 Å². The Bertz CT molecular complexity index is 618.